The maximum absolute atomic E-state index is 11.3. The number of carboxylic acid groups (broad SMARTS) is 1. The third-order valence-electron chi connectivity index (χ3n) is 2.83. The van der Waals surface area contributed by atoms with Crippen LogP contribution in [0.5, 0.6) is 23.0 Å². The van der Waals surface area contributed by atoms with Crippen LogP contribution in [-0.2, 0) is 4.79 Å². The molecule has 108 valence electrons. The van der Waals surface area contributed by atoms with Crippen LogP contribution in [0.15, 0.2) is 36.4 Å². The normalized spacial score (nSPS) is 11.3. The van der Waals surface area contributed by atoms with Crippen molar-refractivity contribution in [3.05, 3.63) is 47.5 Å². The summed E-state index contributed by atoms with van der Waals surface area (Å²) in [4.78, 5) is 11.3. The maximum Gasteiger partial charge on any atom is 0.336 e. The molecule has 6 heteroatoms. The van der Waals surface area contributed by atoms with Crippen LogP contribution in [0.25, 0.3) is 11.6 Å². The van der Waals surface area contributed by atoms with Crippen molar-refractivity contribution < 1.29 is 30.3 Å². The van der Waals surface area contributed by atoms with E-state index in [1.54, 1.807) is 0 Å². The van der Waals surface area contributed by atoms with Crippen molar-refractivity contribution in [1.82, 2.24) is 0 Å². The fourth-order valence-electron chi connectivity index (χ4n) is 1.76. The van der Waals surface area contributed by atoms with Crippen molar-refractivity contribution in [3.63, 3.8) is 0 Å². The first-order chi connectivity index (χ1) is 9.88. The first-order valence-electron chi connectivity index (χ1n) is 5.88. The van der Waals surface area contributed by atoms with E-state index >= 15 is 0 Å². The van der Waals surface area contributed by atoms with Gasteiger partial charge >= 0.3 is 5.97 Å². The predicted octanol–water partition coefficient (Wildman–Crippen LogP) is 2.13. The van der Waals surface area contributed by atoms with E-state index in [1.165, 1.54) is 36.4 Å². The molecule has 0 aliphatic carbocycles. The highest BCUT2D eigenvalue weighted by Gasteiger charge is 2.13. The first-order valence-corrected chi connectivity index (χ1v) is 5.88. The standard InChI is InChI=1S/C15H12O6/c16-11-3-1-8(6-13(11)18)5-10(15(20)21)9-2-4-12(17)14(19)7-9/h1-7,16-19H,(H,20,21)/b10-5+. The van der Waals surface area contributed by atoms with Crippen molar-refractivity contribution in [2.45, 2.75) is 0 Å². The van der Waals surface area contributed by atoms with Gasteiger partial charge in [-0.3, -0.25) is 0 Å². The Balaban J connectivity index is 2.51. The van der Waals surface area contributed by atoms with Crippen LogP contribution in [0.3, 0.4) is 0 Å². The molecule has 2 aromatic rings. The lowest BCUT2D eigenvalue weighted by atomic mass is 10.0. The summed E-state index contributed by atoms with van der Waals surface area (Å²) in [7, 11) is 0. The monoisotopic (exact) mass is 288 g/mol. The summed E-state index contributed by atoms with van der Waals surface area (Å²) in [6, 6.07) is 7.51. The van der Waals surface area contributed by atoms with E-state index in [9.17, 15) is 30.3 Å². The van der Waals surface area contributed by atoms with E-state index in [1.807, 2.05) is 0 Å². The van der Waals surface area contributed by atoms with E-state index in [0.717, 1.165) is 6.07 Å². The van der Waals surface area contributed by atoms with Gasteiger partial charge in [-0.05, 0) is 41.5 Å². The predicted molar refractivity (Wildman–Crippen MR) is 75.0 cm³/mol. The highest BCUT2D eigenvalue weighted by molar-refractivity contribution is 6.20. The number of benzene rings is 2. The van der Waals surface area contributed by atoms with Crippen molar-refractivity contribution >= 4 is 17.6 Å². The Kier molecular flexibility index (Phi) is 3.71. The van der Waals surface area contributed by atoms with Gasteiger partial charge in [0.2, 0.25) is 0 Å². The van der Waals surface area contributed by atoms with E-state index in [-0.39, 0.29) is 28.4 Å². The minimum Gasteiger partial charge on any atom is -0.504 e. The van der Waals surface area contributed by atoms with Crippen molar-refractivity contribution in [2.75, 3.05) is 0 Å². The van der Waals surface area contributed by atoms with Gasteiger partial charge in [-0.15, -0.1) is 0 Å². The summed E-state index contributed by atoms with van der Waals surface area (Å²) in [6.07, 6.45) is 1.27. The molecule has 0 fully saturated rings. The summed E-state index contributed by atoms with van der Waals surface area (Å²) in [6.45, 7) is 0. The third kappa shape index (κ3) is 3.06. The Bertz CT molecular complexity index is 733. The average Bonchev–Trinajstić information content (AvgIpc) is 2.43. The third-order valence-corrected chi connectivity index (χ3v) is 2.83. The number of carbonyl (C=O) groups is 1. The number of aromatic hydroxyl groups is 4. The second-order valence-corrected chi connectivity index (χ2v) is 4.31. The SMILES string of the molecule is O=C(O)/C(=C/c1ccc(O)c(O)c1)c1ccc(O)c(O)c1. The van der Waals surface area contributed by atoms with Gasteiger partial charge in [0.1, 0.15) is 0 Å². The number of aliphatic carboxylic acids is 1. The van der Waals surface area contributed by atoms with Crippen molar-refractivity contribution in [2.24, 2.45) is 0 Å². The van der Waals surface area contributed by atoms with Crippen LogP contribution in [0.1, 0.15) is 11.1 Å². The lowest BCUT2D eigenvalue weighted by molar-refractivity contribution is -0.130. The Labute approximate surface area is 119 Å². The Hall–Kier alpha value is -3.15. The van der Waals surface area contributed by atoms with E-state index in [2.05, 4.69) is 0 Å². The molecule has 0 spiro atoms. The van der Waals surface area contributed by atoms with Gasteiger partial charge in [0.15, 0.2) is 23.0 Å². The highest BCUT2D eigenvalue weighted by Crippen LogP contribution is 2.31. The van der Waals surface area contributed by atoms with E-state index in [4.69, 9.17) is 0 Å². The van der Waals surface area contributed by atoms with Crippen LogP contribution < -0.4 is 0 Å². The van der Waals surface area contributed by atoms with E-state index < -0.39 is 11.7 Å². The van der Waals surface area contributed by atoms with Gasteiger partial charge in [-0.2, -0.15) is 0 Å². The zero-order chi connectivity index (χ0) is 15.6. The highest BCUT2D eigenvalue weighted by atomic mass is 16.4. The molecule has 2 aromatic carbocycles. The van der Waals surface area contributed by atoms with Gasteiger partial charge in [0.05, 0.1) is 5.57 Å². The Morgan fingerprint density at radius 3 is 1.90 bits per heavy atom. The van der Waals surface area contributed by atoms with Gasteiger partial charge in [0.25, 0.3) is 0 Å². The molecule has 0 heterocycles. The summed E-state index contributed by atoms with van der Waals surface area (Å²) >= 11 is 0. The van der Waals surface area contributed by atoms with Crippen LogP contribution in [0, 0.1) is 0 Å². The minimum atomic E-state index is -1.24. The van der Waals surface area contributed by atoms with E-state index in [0.29, 0.717) is 5.56 Å². The first kappa shape index (κ1) is 14.3. The van der Waals surface area contributed by atoms with Crippen LogP contribution >= 0.6 is 0 Å². The molecule has 0 atom stereocenters. The molecule has 0 radical (unpaired) electrons. The lowest BCUT2D eigenvalue weighted by Gasteiger charge is -2.06. The summed E-state index contributed by atoms with van der Waals surface area (Å²) in [5.41, 5.74) is 0.399. The smallest absolute Gasteiger partial charge is 0.336 e. The summed E-state index contributed by atoms with van der Waals surface area (Å²) < 4.78 is 0. The summed E-state index contributed by atoms with van der Waals surface area (Å²) in [5, 5.41) is 46.6. The summed E-state index contributed by atoms with van der Waals surface area (Å²) in [5.74, 6) is -2.72. The maximum atomic E-state index is 11.3. The number of phenols is 4. The zero-order valence-corrected chi connectivity index (χ0v) is 10.7. The number of rotatable bonds is 3. The molecule has 0 aliphatic rings. The van der Waals surface area contributed by atoms with Crippen LogP contribution in [0.2, 0.25) is 0 Å². The van der Waals surface area contributed by atoms with Gasteiger partial charge in [-0.1, -0.05) is 12.1 Å². The van der Waals surface area contributed by atoms with Crippen molar-refractivity contribution in [3.8, 4) is 23.0 Å². The molecule has 0 unspecified atom stereocenters. The van der Waals surface area contributed by atoms with Crippen LogP contribution in [-0.4, -0.2) is 31.5 Å². The quantitative estimate of drug-likeness (QED) is 0.335. The Morgan fingerprint density at radius 2 is 1.38 bits per heavy atom. The second kappa shape index (κ2) is 5.46. The molecule has 0 aromatic heterocycles. The molecule has 5 N–H and O–H groups in total. The van der Waals surface area contributed by atoms with Gasteiger partial charge in [-0.25, -0.2) is 4.79 Å². The second-order valence-electron chi connectivity index (χ2n) is 4.31. The zero-order valence-electron chi connectivity index (χ0n) is 10.7. The molecular weight excluding hydrogens is 276 g/mol. The van der Waals surface area contributed by atoms with Crippen LogP contribution in [0.4, 0.5) is 0 Å². The molecule has 0 aliphatic heterocycles. The average molecular weight is 288 g/mol. The fraction of sp³-hybridized carbons (Fsp3) is 0. The number of hydrogen-bond acceptors (Lipinski definition) is 5. The minimum absolute atomic E-state index is 0.143. The molecule has 2 rings (SSSR count). The molecule has 0 saturated carbocycles. The van der Waals surface area contributed by atoms with Gasteiger partial charge < -0.3 is 25.5 Å². The molecule has 21 heavy (non-hydrogen) atoms. The molecule has 0 amide bonds. The Morgan fingerprint density at radius 1 is 0.810 bits per heavy atom. The molecule has 6 nitrogen and oxygen atoms in total. The lowest BCUT2D eigenvalue weighted by Crippen LogP contribution is -1.99. The number of hydrogen-bond donors (Lipinski definition) is 5. The molecule has 0 saturated heterocycles. The van der Waals surface area contributed by atoms with Gasteiger partial charge in [0, 0.05) is 0 Å². The largest absolute Gasteiger partial charge is 0.504 e. The van der Waals surface area contributed by atoms with Crippen molar-refractivity contribution in [1.29, 1.82) is 0 Å². The fourth-order valence-corrected chi connectivity index (χ4v) is 1.76. The molecular formula is C15H12O6. The number of phenolic OH excluding ortho intramolecular Hbond substituents is 4. The topological polar surface area (TPSA) is 118 Å². The molecule has 0 bridgehead atoms. The number of carboxylic acids is 1.